The van der Waals surface area contributed by atoms with Crippen molar-refractivity contribution in [2.45, 2.75) is 26.8 Å². The van der Waals surface area contributed by atoms with Crippen LogP contribution < -0.4 is 11.1 Å². The summed E-state index contributed by atoms with van der Waals surface area (Å²) in [5.41, 5.74) is 7.43. The lowest BCUT2D eigenvalue weighted by Crippen LogP contribution is -2.31. The van der Waals surface area contributed by atoms with E-state index < -0.39 is 0 Å². The number of nitrogen functional groups attached to an aromatic ring is 1. The van der Waals surface area contributed by atoms with Gasteiger partial charge in [0.1, 0.15) is 0 Å². The molecular weight excluding hydrogens is 202 g/mol. The van der Waals surface area contributed by atoms with Gasteiger partial charge < -0.3 is 15.8 Å². The smallest absolute Gasteiger partial charge is 0.0736 e. The molecule has 90 valence electrons. The number of ether oxygens (including phenoxy) is 1. The summed E-state index contributed by atoms with van der Waals surface area (Å²) in [6.45, 7) is 7.74. The lowest BCUT2D eigenvalue weighted by molar-refractivity contribution is 0.127. The molecule has 1 heterocycles. The zero-order valence-corrected chi connectivity index (χ0v) is 10.2. The van der Waals surface area contributed by atoms with Gasteiger partial charge in [-0.15, -0.1) is 0 Å². The van der Waals surface area contributed by atoms with Crippen LogP contribution in [-0.2, 0) is 4.74 Å². The van der Waals surface area contributed by atoms with E-state index in [2.05, 4.69) is 24.1 Å². The summed E-state index contributed by atoms with van der Waals surface area (Å²) in [6.07, 6.45) is 3.39. The van der Waals surface area contributed by atoms with Crippen LogP contribution in [0.3, 0.4) is 0 Å². The van der Waals surface area contributed by atoms with E-state index in [4.69, 9.17) is 10.5 Å². The molecule has 0 bridgehead atoms. The van der Waals surface area contributed by atoms with Gasteiger partial charge in [0.2, 0.25) is 0 Å². The standard InChI is InChI=1S/C12H21N3O/c1-4-16-8-12(9(2)3)15-11-5-6-14-7-10(11)13/h5-7,9,12H,4,8,13H2,1-3H3,(H,14,15). The minimum atomic E-state index is 0.268. The van der Waals surface area contributed by atoms with E-state index in [1.165, 1.54) is 0 Å². The average Bonchev–Trinajstić information content (AvgIpc) is 2.26. The van der Waals surface area contributed by atoms with Gasteiger partial charge in [-0.25, -0.2) is 0 Å². The molecule has 0 aromatic carbocycles. The number of hydrogen-bond donors (Lipinski definition) is 2. The second-order valence-electron chi connectivity index (χ2n) is 4.12. The number of hydrogen-bond acceptors (Lipinski definition) is 4. The van der Waals surface area contributed by atoms with Crippen molar-refractivity contribution in [3.63, 3.8) is 0 Å². The first-order chi connectivity index (χ1) is 7.65. The van der Waals surface area contributed by atoms with Crippen LogP contribution in [0.5, 0.6) is 0 Å². The molecule has 0 aliphatic rings. The van der Waals surface area contributed by atoms with Crippen LogP contribution in [0.15, 0.2) is 18.5 Å². The van der Waals surface area contributed by atoms with Crippen molar-refractivity contribution >= 4 is 11.4 Å². The molecule has 0 aliphatic carbocycles. The maximum Gasteiger partial charge on any atom is 0.0736 e. The Morgan fingerprint density at radius 2 is 2.25 bits per heavy atom. The molecule has 3 N–H and O–H groups in total. The summed E-state index contributed by atoms with van der Waals surface area (Å²) >= 11 is 0. The molecule has 4 heteroatoms. The molecule has 1 atom stereocenters. The lowest BCUT2D eigenvalue weighted by atomic mass is 10.1. The van der Waals surface area contributed by atoms with E-state index >= 15 is 0 Å². The SMILES string of the molecule is CCOCC(Nc1ccncc1N)C(C)C. The van der Waals surface area contributed by atoms with E-state index in [-0.39, 0.29) is 6.04 Å². The molecule has 1 aromatic rings. The Kier molecular flexibility index (Phi) is 5.05. The van der Waals surface area contributed by atoms with Gasteiger partial charge in [0.15, 0.2) is 0 Å². The van der Waals surface area contributed by atoms with E-state index in [0.29, 0.717) is 18.2 Å². The van der Waals surface area contributed by atoms with Crippen LogP contribution >= 0.6 is 0 Å². The number of aromatic nitrogens is 1. The molecule has 1 unspecified atom stereocenters. The van der Waals surface area contributed by atoms with Crippen molar-refractivity contribution in [3.8, 4) is 0 Å². The fraction of sp³-hybridized carbons (Fsp3) is 0.583. The summed E-state index contributed by atoms with van der Waals surface area (Å²) in [5, 5.41) is 3.39. The number of nitrogens with two attached hydrogens (primary N) is 1. The van der Waals surface area contributed by atoms with Crippen LogP contribution in [0.1, 0.15) is 20.8 Å². The second-order valence-corrected chi connectivity index (χ2v) is 4.12. The normalized spacial score (nSPS) is 12.8. The van der Waals surface area contributed by atoms with Crippen molar-refractivity contribution < 1.29 is 4.74 Å². The Bertz CT molecular complexity index is 315. The molecule has 0 radical (unpaired) electrons. The number of pyridine rings is 1. The Labute approximate surface area is 97.2 Å². The Morgan fingerprint density at radius 3 is 2.81 bits per heavy atom. The van der Waals surface area contributed by atoms with Gasteiger partial charge in [-0.3, -0.25) is 4.98 Å². The molecule has 1 rings (SSSR count). The first-order valence-electron chi connectivity index (χ1n) is 5.69. The topological polar surface area (TPSA) is 60.2 Å². The highest BCUT2D eigenvalue weighted by Gasteiger charge is 2.14. The Morgan fingerprint density at radius 1 is 1.50 bits per heavy atom. The van der Waals surface area contributed by atoms with Gasteiger partial charge in [-0.05, 0) is 18.9 Å². The van der Waals surface area contributed by atoms with Gasteiger partial charge in [0.25, 0.3) is 0 Å². The molecule has 0 saturated carbocycles. The number of nitrogens with one attached hydrogen (secondary N) is 1. The fourth-order valence-electron chi connectivity index (χ4n) is 1.38. The average molecular weight is 223 g/mol. The number of anilines is 2. The summed E-state index contributed by atoms with van der Waals surface area (Å²) in [4.78, 5) is 3.96. The molecule has 0 spiro atoms. The van der Waals surface area contributed by atoms with Gasteiger partial charge in [0, 0.05) is 12.8 Å². The van der Waals surface area contributed by atoms with E-state index in [1.807, 2.05) is 13.0 Å². The third kappa shape index (κ3) is 3.70. The van der Waals surface area contributed by atoms with E-state index in [0.717, 1.165) is 12.3 Å². The number of rotatable bonds is 6. The minimum absolute atomic E-state index is 0.268. The minimum Gasteiger partial charge on any atom is -0.396 e. The molecule has 16 heavy (non-hydrogen) atoms. The van der Waals surface area contributed by atoms with Crippen LogP contribution in [0.4, 0.5) is 11.4 Å². The third-order valence-electron chi connectivity index (χ3n) is 2.50. The van der Waals surface area contributed by atoms with Gasteiger partial charge in [-0.1, -0.05) is 13.8 Å². The van der Waals surface area contributed by atoms with Crippen molar-refractivity contribution in [2.24, 2.45) is 5.92 Å². The molecule has 0 aliphatic heterocycles. The lowest BCUT2D eigenvalue weighted by Gasteiger charge is -2.23. The Balaban J connectivity index is 2.64. The molecule has 1 aromatic heterocycles. The van der Waals surface area contributed by atoms with E-state index in [1.54, 1.807) is 12.4 Å². The van der Waals surface area contributed by atoms with Gasteiger partial charge >= 0.3 is 0 Å². The first-order valence-corrected chi connectivity index (χ1v) is 5.69. The van der Waals surface area contributed by atoms with Crippen LogP contribution in [0, 0.1) is 5.92 Å². The number of nitrogens with zero attached hydrogens (tertiary/aromatic N) is 1. The zero-order chi connectivity index (χ0) is 12.0. The maximum absolute atomic E-state index is 5.83. The molecule has 0 amide bonds. The predicted molar refractivity (Wildman–Crippen MR) is 67.4 cm³/mol. The summed E-state index contributed by atoms with van der Waals surface area (Å²) in [5.74, 6) is 0.485. The predicted octanol–water partition coefficient (Wildman–Crippen LogP) is 2.14. The second kappa shape index (κ2) is 6.33. The van der Waals surface area contributed by atoms with Crippen molar-refractivity contribution in [2.75, 3.05) is 24.3 Å². The summed E-state index contributed by atoms with van der Waals surface area (Å²) in [6, 6.07) is 2.15. The van der Waals surface area contributed by atoms with Crippen molar-refractivity contribution in [1.29, 1.82) is 0 Å². The Hall–Kier alpha value is -1.29. The van der Waals surface area contributed by atoms with Gasteiger partial charge in [-0.2, -0.15) is 0 Å². The third-order valence-corrected chi connectivity index (χ3v) is 2.50. The largest absolute Gasteiger partial charge is 0.396 e. The molecule has 4 nitrogen and oxygen atoms in total. The first kappa shape index (κ1) is 12.8. The van der Waals surface area contributed by atoms with Crippen molar-refractivity contribution in [1.82, 2.24) is 4.98 Å². The monoisotopic (exact) mass is 223 g/mol. The molecular formula is C12H21N3O. The summed E-state index contributed by atoms with van der Waals surface area (Å²) in [7, 11) is 0. The van der Waals surface area contributed by atoms with Crippen molar-refractivity contribution in [3.05, 3.63) is 18.5 Å². The van der Waals surface area contributed by atoms with Crippen LogP contribution in [0.25, 0.3) is 0 Å². The highest BCUT2D eigenvalue weighted by atomic mass is 16.5. The fourth-order valence-corrected chi connectivity index (χ4v) is 1.38. The summed E-state index contributed by atoms with van der Waals surface area (Å²) < 4.78 is 5.45. The zero-order valence-electron chi connectivity index (χ0n) is 10.2. The van der Waals surface area contributed by atoms with Crippen LogP contribution in [0.2, 0.25) is 0 Å². The highest BCUT2D eigenvalue weighted by Crippen LogP contribution is 2.18. The highest BCUT2D eigenvalue weighted by molar-refractivity contribution is 5.64. The van der Waals surface area contributed by atoms with Gasteiger partial charge in [0.05, 0.1) is 30.2 Å². The molecule has 0 saturated heterocycles. The quantitative estimate of drug-likeness (QED) is 0.775. The van der Waals surface area contributed by atoms with Crippen LogP contribution in [-0.4, -0.2) is 24.2 Å². The maximum atomic E-state index is 5.83. The van der Waals surface area contributed by atoms with E-state index in [9.17, 15) is 0 Å². The molecule has 0 fully saturated rings.